The fraction of sp³-hybridized carbons (Fsp3) is 0.583. The number of nitrogens with zero attached hydrogens (tertiary/aromatic N) is 3. The summed E-state index contributed by atoms with van der Waals surface area (Å²) < 4.78 is 28.3. The van der Waals surface area contributed by atoms with Gasteiger partial charge in [0.05, 0.1) is 0 Å². The van der Waals surface area contributed by atoms with Gasteiger partial charge >= 0.3 is 16.2 Å². The van der Waals surface area contributed by atoms with Gasteiger partial charge in [0.25, 0.3) is 0 Å². The zero-order chi connectivity index (χ0) is 15.6. The molecule has 0 spiro atoms. The van der Waals surface area contributed by atoms with Crippen LogP contribution in [0.15, 0.2) is 12.4 Å². The van der Waals surface area contributed by atoms with Gasteiger partial charge in [0.1, 0.15) is 0 Å². The minimum atomic E-state index is -3.84. The van der Waals surface area contributed by atoms with Crippen molar-refractivity contribution in [3.05, 3.63) is 18.1 Å². The van der Waals surface area contributed by atoms with Gasteiger partial charge in [-0.2, -0.15) is 12.7 Å². The second-order valence-corrected chi connectivity index (χ2v) is 7.10. The van der Waals surface area contributed by atoms with Crippen molar-refractivity contribution in [1.82, 2.24) is 14.3 Å². The fourth-order valence-electron chi connectivity index (χ4n) is 2.56. The number of carboxylic acid groups (broad SMARTS) is 1. The van der Waals surface area contributed by atoms with E-state index in [1.54, 1.807) is 0 Å². The molecule has 2 rings (SSSR count). The highest BCUT2D eigenvalue weighted by Gasteiger charge is 2.31. The molecule has 1 aliphatic heterocycles. The lowest BCUT2D eigenvalue weighted by Crippen LogP contribution is -2.45. The number of piperidine rings is 1. The molecule has 2 heterocycles. The number of nitrogens with one attached hydrogen (secondary N) is 1. The lowest BCUT2D eigenvalue weighted by Gasteiger charge is -2.33. The number of carbonyl (C=O) groups is 1. The van der Waals surface area contributed by atoms with Crippen LogP contribution in [0.1, 0.15) is 30.8 Å². The Kier molecular flexibility index (Phi) is 4.43. The average molecular weight is 314 g/mol. The SMILES string of the molecule is CC1CC(C)CN(S(=O)(=O)Nc2nccnc2C(=O)O)C1. The maximum absolute atomic E-state index is 12.4. The second kappa shape index (κ2) is 5.94. The molecular weight excluding hydrogens is 296 g/mol. The maximum Gasteiger partial charge on any atom is 0.358 e. The number of aromatic carboxylic acids is 1. The van der Waals surface area contributed by atoms with Crippen molar-refractivity contribution < 1.29 is 18.3 Å². The van der Waals surface area contributed by atoms with Crippen LogP contribution >= 0.6 is 0 Å². The molecule has 1 aliphatic rings. The van der Waals surface area contributed by atoms with E-state index in [9.17, 15) is 13.2 Å². The molecule has 0 bridgehead atoms. The lowest BCUT2D eigenvalue weighted by atomic mass is 9.94. The van der Waals surface area contributed by atoms with Crippen LogP contribution in [0.25, 0.3) is 0 Å². The van der Waals surface area contributed by atoms with Crippen LogP contribution in [0.2, 0.25) is 0 Å². The first-order valence-electron chi connectivity index (χ1n) is 6.61. The van der Waals surface area contributed by atoms with Crippen molar-refractivity contribution in [2.24, 2.45) is 11.8 Å². The number of rotatable bonds is 4. The molecule has 0 radical (unpaired) electrons. The van der Waals surface area contributed by atoms with Crippen molar-refractivity contribution in [2.75, 3.05) is 17.8 Å². The van der Waals surface area contributed by atoms with Crippen LogP contribution in [-0.2, 0) is 10.2 Å². The number of hydrogen-bond acceptors (Lipinski definition) is 5. The maximum atomic E-state index is 12.4. The molecule has 116 valence electrons. The van der Waals surface area contributed by atoms with E-state index in [2.05, 4.69) is 14.7 Å². The topological polar surface area (TPSA) is 112 Å². The van der Waals surface area contributed by atoms with Crippen LogP contribution in [0.3, 0.4) is 0 Å². The van der Waals surface area contributed by atoms with Crippen LogP contribution in [0, 0.1) is 11.8 Å². The molecule has 9 heteroatoms. The Morgan fingerprint density at radius 2 is 1.86 bits per heavy atom. The Hall–Kier alpha value is -1.74. The molecule has 2 N–H and O–H groups in total. The molecule has 2 atom stereocenters. The van der Waals surface area contributed by atoms with E-state index in [1.165, 1.54) is 16.7 Å². The van der Waals surface area contributed by atoms with Gasteiger partial charge < -0.3 is 5.11 Å². The first-order chi connectivity index (χ1) is 9.79. The summed E-state index contributed by atoms with van der Waals surface area (Å²) in [5.74, 6) is -1.09. The van der Waals surface area contributed by atoms with Crippen molar-refractivity contribution in [1.29, 1.82) is 0 Å². The van der Waals surface area contributed by atoms with Crippen LogP contribution in [0.5, 0.6) is 0 Å². The van der Waals surface area contributed by atoms with E-state index >= 15 is 0 Å². The predicted octanol–water partition coefficient (Wildman–Crippen LogP) is 0.809. The number of hydrogen-bond donors (Lipinski definition) is 2. The van der Waals surface area contributed by atoms with E-state index < -0.39 is 21.9 Å². The van der Waals surface area contributed by atoms with Gasteiger partial charge in [-0.25, -0.2) is 14.8 Å². The van der Waals surface area contributed by atoms with Gasteiger partial charge in [-0.1, -0.05) is 13.8 Å². The summed E-state index contributed by atoms with van der Waals surface area (Å²) in [5, 5.41) is 9.01. The Morgan fingerprint density at radius 3 is 2.43 bits per heavy atom. The number of anilines is 1. The summed E-state index contributed by atoms with van der Waals surface area (Å²) in [6.07, 6.45) is 3.41. The third kappa shape index (κ3) is 3.67. The van der Waals surface area contributed by atoms with Gasteiger partial charge in [-0.3, -0.25) is 4.72 Å². The van der Waals surface area contributed by atoms with E-state index in [0.717, 1.165) is 6.42 Å². The molecule has 1 saturated heterocycles. The summed E-state index contributed by atoms with van der Waals surface area (Å²) >= 11 is 0. The zero-order valence-corrected chi connectivity index (χ0v) is 12.7. The Morgan fingerprint density at radius 1 is 1.29 bits per heavy atom. The highest BCUT2D eigenvalue weighted by atomic mass is 32.2. The second-order valence-electron chi connectivity index (χ2n) is 5.43. The highest BCUT2D eigenvalue weighted by Crippen LogP contribution is 2.24. The lowest BCUT2D eigenvalue weighted by molar-refractivity contribution is 0.0691. The minimum absolute atomic E-state index is 0.256. The summed E-state index contributed by atoms with van der Waals surface area (Å²) in [6.45, 7) is 4.79. The average Bonchev–Trinajstić information content (AvgIpc) is 2.37. The molecular formula is C12H18N4O4S. The predicted molar refractivity (Wildman–Crippen MR) is 76.1 cm³/mol. The molecule has 0 aromatic carbocycles. The smallest absolute Gasteiger partial charge is 0.358 e. The third-order valence-corrected chi connectivity index (χ3v) is 4.73. The molecule has 2 unspecified atom stereocenters. The summed E-state index contributed by atoms with van der Waals surface area (Å²) in [4.78, 5) is 18.4. The molecule has 0 aliphatic carbocycles. The van der Waals surface area contributed by atoms with Crippen LogP contribution in [-0.4, -0.2) is 46.9 Å². The molecule has 8 nitrogen and oxygen atoms in total. The van der Waals surface area contributed by atoms with Gasteiger partial charge in [0.15, 0.2) is 11.5 Å². The van der Waals surface area contributed by atoms with E-state index in [0.29, 0.717) is 13.1 Å². The summed E-state index contributed by atoms with van der Waals surface area (Å²) in [5.41, 5.74) is -0.417. The fourth-order valence-corrected chi connectivity index (χ4v) is 3.98. The largest absolute Gasteiger partial charge is 0.476 e. The van der Waals surface area contributed by atoms with Crippen LogP contribution < -0.4 is 4.72 Å². The number of carboxylic acids is 1. The highest BCUT2D eigenvalue weighted by molar-refractivity contribution is 7.90. The summed E-state index contributed by atoms with van der Waals surface area (Å²) in [6, 6.07) is 0. The molecule has 1 aromatic rings. The van der Waals surface area contributed by atoms with Gasteiger partial charge in [-0.15, -0.1) is 0 Å². The summed E-state index contributed by atoms with van der Waals surface area (Å²) in [7, 11) is -3.84. The van der Waals surface area contributed by atoms with Gasteiger partial charge in [0.2, 0.25) is 0 Å². The standard InChI is InChI=1S/C12H18N4O4S/c1-8-5-9(2)7-16(6-8)21(19,20)15-11-10(12(17)18)13-3-4-14-11/h3-4,8-9H,5-7H2,1-2H3,(H,14,15)(H,17,18). The van der Waals surface area contributed by atoms with E-state index in [1.807, 2.05) is 13.8 Å². The number of aromatic nitrogens is 2. The normalized spacial score (nSPS) is 23.7. The molecule has 21 heavy (non-hydrogen) atoms. The third-order valence-electron chi connectivity index (χ3n) is 3.30. The van der Waals surface area contributed by atoms with Gasteiger partial charge in [-0.05, 0) is 18.3 Å². The quantitative estimate of drug-likeness (QED) is 0.850. The van der Waals surface area contributed by atoms with Crippen LogP contribution in [0.4, 0.5) is 5.82 Å². The molecule has 0 amide bonds. The van der Waals surface area contributed by atoms with Crippen molar-refractivity contribution >= 4 is 22.0 Å². The Labute approximate surface area is 123 Å². The van der Waals surface area contributed by atoms with E-state index in [-0.39, 0.29) is 17.7 Å². The monoisotopic (exact) mass is 314 g/mol. The zero-order valence-electron chi connectivity index (χ0n) is 11.9. The van der Waals surface area contributed by atoms with Crippen molar-refractivity contribution in [2.45, 2.75) is 20.3 Å². The first-order valence-corrected chi connectivity index (χ1v) is 8.05. The Bertz CT molecular complexity index is 624. The molecule has 1 aromatic heterocycles. The first kappa shape index (κ1) is 15.6. The van der Waals surface area contributed by atoms with Crippen molar-refractivity contribution in [3.63, 3.8) is 0 Å². The minimum Gasteiger partial charge on any atom is -0.476 e. The Balaban J connectivity index is 2.24. The van der Waals surface area contributed by atoms with Crippen molar-refractivity contribution in [3.8, 4) is 0 Å². The molecule has 1 fully saturated rings. The molecule has 0 saturated carbocycles. The van der Waals surface area contributed by atoms with Gasteiger partial charge in [0, 0.05) is 25.5 Å². The van der Waals surface area contributed by atoms with E-state index in [4.69, 9.17) is 5.11 Å².